The number of carboxylic acids is 1. The number of amides is 4. The fraction of sp³-hybridized carbons (Fsp3) is 0.510. The van der Waals surface area contributed by atoms with Gasteiger partial charge in [0.2, 0.25) is 5.91 Å². The first-order valence-electron chi connectivity index (χ1n) is 23.0. The lowest BCUT2D eigenvalue weighted by Gasteiger charge is -2.26. The Bertz CT molecular complexity index is 2150. The fourth-order valence-electron chi connectivity index (χ4n) is 6.51. The van der Waals surface area contributed by atoms with Crippen LogP contribution in [0, 0.1) is 5.82 Å². The molecule has 4 amide bonds. The summed E-state index contributed by atoms with van der Waals surface area (Å²) in [6, 6.07) is 8.25. The number of esters is 1. The number of halogens is 5. The Labute approximate surface area is 451 Å². The van der Waals surface area contributed by atoms with Gasteiger partial charge < -0.3 is 38.6 Å². The fourth-order valence-corrected chi connectivity index (χ4v) is 7.53. The number of rotatable bonds is 23. The lowest BCUT2D eigenvalue weighted by atomic mass is 9.93. The largest absolute Gasteiger partial charge is 0.778 e. The minimum Gasteiger partial charge on any atom is -0.778 e. The Hall–Kier alpha value is -4.01. The van der Waals surface area contributed by atoms with Gasteiger partial charge in [-0.05, 0) is 73.0 Å². The topological polar surface area (TPSA) is 232 Å². The van der Waals surface area contributed by atoms with Crippen LogP contribution < -0.4 is 24.7 Å². The highest BCUT2D eigenvalue weighted by atomic mass is 35.5. The molecule has 1 atom stereocenters. The van der Waals surface area contributed by atoms with E-state index in [4.69, 9.17) is 70.6 Å². The van der Waals surface area contributed by atoms with Crippen LogP contribution in [-0.2, 0) is 66.5 Å². The van der Waals surface area contributed by atoms with Crippen molar-refractivity contribution in [2.24, 2.45) is 0 Å². The van der Waals surface area contributed by atoms with Gasteiger partial charge >= 0.3 is 11.9 Å². The second-order valence-corrected chi connectivity index (χ2v) is 21.8. The van der Waals surface area contributed by atoms with E-state index in [-0.39, 0.29) is 40.9 Å². The van der Waals surface area contributed by atoms with E-state index in [9.17, 15) is 42.6 Å². The van der Waals surface area contributed by atoms with E-state index in [0.29, 0.717) is 54.6 Å². The van der Waals surface area contributed by atoms with E-state index in [0.717, 1.165) is 72.7 Å². The smallest absolute Gasteiger partial charge is 0.344 e. The number of ether oxygens (including phenoxy) is 3. The second-order valence-electron chi connectivity index (χ2n) is 16.0. The summed E-state index contributed by atoms with van der Waals surface area (Å²) in [7, 11) is -2.13. The Morgan fingerprint density at radius 2 is 1.52 bits per heavy atom. The number of aryl methyl sites for hydroxylation is 2. The van der Waals surface area contributed by atoms with Crippen LogP contribution in [0.1, 0.15) is 76.8 Å². The molecule has 1 unspecified atom stereocenters. The molecule has 1 aliphatic heterocycles. The first-order valence-corrected chi connectivity index (χ1v) is 29.0. The normalized spacial score (nSPS) is 13.3. The second kappa shape index (κ2) is 37.7. The average molecular weight is 1150 g/mol. The molecule has 410 valence electrons. The standard InChI is InChI=1S/C21H23ClFNO5.C14H20ClNO2.C8H11Cl2NO.C3H8NO5P.C3H9S/c1-2-3-6-9-28-19(25)12-29-18-11-17(16(23)10-15(18)22)24-20(26)13-7-4-5-8-14(13)21(24)27;1-4-11-7-6-8-12(5-2)14(11)16(10-18-3)13(17)9-15;1-3-5-11(6-4-2)8(12)7(9)10;5-3(6)1-4-2-10(7,8)9;1-4(2)3/h10-11H,2-9,12H2,1H3;6-8H,4-5,9-10H2,1-3H3;3-4,7H,1-2,5-6H2;4H,1-2H2,(H,5,6)(H2,7,8,9);1-3H3/q;;;;+1/p-1. The van der Waals surface area contributed by atoms with Crippen LogP contribution in [0.25, 0.3) is 0 Å². The predicted molar refractivity (Wildman–Crippen MR) is 289 cm³/mol. The molecule has 24 heteroatoms. The first kappa shape index (κ1) is 69.0. The number of nitrogens with zero attached hydrogens (tertiary/aromatic N) is 3. The average Bonchev–Trinajstić information content (AvgIpc) is 3.58. The van der Waals surface area contributed by atoms with Gasteiger partial charge in [-0.3, -0.25) is 34.2 Å². The maximum Gasteiger partial charge on any atom is 0.344 e. The highest BCUT2D eigenvalue weighted by molar-refractivity contribution is 7.94. The van der Waals surface area contributed by atoms with Gasteiger partial charge in [0.05, 0.1) is 54.6 Å². The summed E-state index contributed by atoms with van der Waals surface area (Å²) in [4.78, 5) is 90.9. The molecule has 17 nitrogen and oxygen atoms in total. The van der Waals surface area contributed by atoms with Crippen molar-refractivity contribution in [1.29, 1.82) is 0 Å². The zero-order valence-corrected chi connectivity index (χ0v) is 47.3. The number of carboxylic acid groups (broad SMARTS) is 1. The highest BCUT2D eigenvalue weighted by Crippen LogP contribution is 2.39. The third-order valence-electron chi connectivity index (χ3n) is 9.68. The molecule has 0 radical (unpaired) electrons. The Balaban J connectivity index is 0.00000101. The van der Waals surface area contributed by atoms with Gasteiger partial charge in [-0.2, -0.15) is 0 Å². The lowest BCUT2D eigenvalue weighted by Crippen LogP contribution is -2.35. The molecule has 2 aromatic carbocycles. The number of benzene rings is 2. The van der Waals surface area contributed by atoms with Gasteiger partial charge in [0, 0.05) is 37.4 Å². The van der Waals surface area contributed by atoms with Crippen LogP contribution in [0.15, 0.2) is 66.8 Å². The van der Waals surface area contributed by atoms with E-state index in [1.54, 1.807) is 24.2 Å². The lowest BCUT2D eigenvalue weighted by molar-refractivity contribution is -0.193. The molecule has 0 spiro atoms. The third kappa shape index (κ3) is 26.4. The molecule has 1 heterocycles. The molecule has 0 fully saturated rings. The summed E-state index contributed by atoms with van der Waals surface area (Å²) in [5, 5.41) is 9.91. The van der Waals surface area contributed by atoms with E-state index in [2.05, 4.69) is 45.8 Å². The number of carbonyl (C=O) groups excluding carboxylic acids is 5. The zero-order valence-electron chi connectivity index (χ0n) is 42.5. The molecule has 2 aliphatic rings. The summed E-state index contributed by atoms with van der Waals surface area (Å²) < 4.78 is 40.0. The SMILES string of the molecule is C=CCN(CC=C)C(=O)C(Cl)Cl.CCCCCOC(=O)COc1cc(N2C(=O)C3=C(CCCC3)C2=O)c(F)cc1Cl.CCc1cccc(CC)c1N(COC)C(=O)CCl.C[S+](C)C.O=C(O)CNCP(=O)([O-])O. The number of alkyl halides is 3. The maximum atomic E-state index is 14.5. The van der Waals surface area contributed by atoms with Crippen molar-refractivity contribution in [3.63, 3.8) is 0 Å². The number of carbonyl (C=O) groups is 6. The van der Waals surface area contributed by atoms with Crippen LogP contribution in [0.5, 0.6) is 5.75 Å². The van der Waals surface area contributed by atoms with Gasteiger partial charge in [-0.15, -0.1) is 24.8 Å². The minimum atomic E-state index is -4.35. The molecule has 0 saturated heterocycles. The molecule has 3 N–H and O–H groups in total. The summed E-state index contributed by atoms with van der Waals surface area (Å²) in [6.45, 7) is 13.7. The van der Waals surface area contributed by atoms with Crippen LogP contribution in [0.2, 0.25) is 5.02 Å². The molecule has 2 aromatic rings. The summed E-state index contributed by atoms with van der Waals surface area (Å²) in [5.74, 6) is -4.07. The van der Waals surface area contributed by atoms with Gasteiger partial charge in [0.1, 0.15) is 31.8 Å². The maximum absolute atomic E-state index is 14.5. The molecular weight excluding hydrogens is 1080 g/mol. The van der Waals surface area contributed by atoms with Gasteiger partial charge in [-0.1, -0.05) is 98.8 Å². The number of methoxy groups -OCH3 is 1. The zero-order chi connectivity index (χ0) is 55.8. The van der Waals surface area contributed by atoms with E-state index in [1.165, 1.54) is 11.0 Å². The molecule has 0 aromatic heterocycles. The molecular formula is C49H70Cl4FN4O13PS. The Morgan fingerprint density at radius 1 is 0.986 bits per heavy atom. The predicted octanol–water partition coefficient (Wildman–Crippen LogP) is 7.97. The summed E-state index contributed by atoms with van der Waals surface area (Å²) in [6.07, 6.45) is 16.2. The third-order valence-corrected chi connectivity index (χ3v) is 11.2. The Morgan fingerprint density at radius 3 is 1.95 bits per heavy atom. The number of hydrogen-bond donors (Lipinski definition) is 3. The molecule has 73 heavy (non-hydrogen) atoms. The Kier molecular flexibility index (Phi) is 35.6. The van der Waals surface area contributed by atoms with Crippen LogP contribution in [-0.4, -0.2) is 133 Å². The first-order chi connectivity index (χ1) is 34.4. The molecule has 0 bridgehead atoms. The monoisotopic (exact) mass is 1140 g/mol. The van der Waals surface area contributed by atoms with Crippen molar-refractivity contribution >= 4 is 112 Å². The van der Waals surface area contributed by atoms with E-state index in [1.807, 2.05) is 30.4 Å². The highest BCUT2D eigenvalue weighted by Gasteiger charge is 2.41. The molecule has 0 saturated carbocycles. The number of hydrogen-bond acceptors (Lipinski definition) is 12. The van der Waals surface area contributed by atoms with Gasteiger partial charge in [0.25, 0.3) is 17.7 Å². The van der Waals surface area contributed by atoms with Crippen molar-refractivity contribution in [1.82, 2.24) is 10.2 Å². The van der Waals surface area contributed by atoms with E-state index >= 15 is 0 Å². The van der Waals surface area contributed by atoms with Crippen molar-refractivity contribution in [2.45, 2.75) is 83.4 Å². The van der Waals surface area contributed by atoms with E-state index < -0.39 is 61.4 Å². The number of imide groups is 1. The van der Waals surface area contributed by atoms with Crippen molar-refractivity contribution in [3.05, 3.63) is 88.8 Å². The summed E-state index contributed by atoms with van der Waals surface area (Å²) >= 11 is 22.5. The van der Waals surface area contributed by atoms with Crippen LogP contribution in [0.4, 0.5) is 15.8 Å². The number of anilines is 2. The van der Waals surface area contributed by atoms with Crippen molar-refractivity contribution in [3.8, 4) is 5.75 Å². The summed E-state index contributed by atoms with van der Waals surface area (Å²) in [5.41, 5.74) is 3.91. The quantitative estimate of drug-likeness (QED) is 0.0140. The van der Waals surface area contributed by atoms with Crippen LogP contribution in [0.3, 0.4) is 0 Å². The van der Waals surface area contributed by atoms with Gasteiger partial charge in [0.15, 0.2) is 11.4 Å². The minimum absolute atomic E-state index is 0.000883. The van der Waals surface area contributed by atoms with Gasteiger partial charge in [-0.25, -0.2) is 14.1 Å². The van der Waals surface area contributed by atoms with Crippen molar-refractivity contribution < 1.29 is 66.8 Å². The molecule has 4 rings (SSSR count). The molecule has 1 aliphatic carbocycles. The number of nitrogens with one attached hydrogen (secondary N) is 1. The van der Waals surface area contributed by atoms with Crippen molar-refractivity contribution in [2.75, 3.05) is 87.4 Å². The number of unbranched alkanes of at least 4 members (excludes halogenated alkanes) is 2. The number of aliphatic carboxylic acids is 1. The number of para-hydroxylation sites is 1. The van der Waals surface area contributed by atoms with Crippen LogP contribution >= 0.6 is 54.0 Å².